The first-order valence-electron chi connectivity index (χ1n) is 9.43. The van der Waals surface area contributed by atoms with E-state index in [2.05, 4.69) is 5.32 Å². The van der Waals surface area contributed by atoms with Crippen molar-refractivity contribution in [3.05, 3.63) is 0 Å². The van der Waals surface area contributed by atoms with E-state index in [1.807, 2.05) is 27.7 Å². The number of carbonyl (C=O) groups excluding carboxylic acids is 2. The van der Waals surface area contributed by atoms with Gasteiger partial charge < -0.3 is 14.8 Å². The molecule has 0 bridgehead atoms. The summed E-state index contributed by atoms with van der Waals surface area (Å²) in [5.41, 5.74) is 0. The summed E-state index contributed by atoms with van der Waals surface area (Å²) >= 11 is 0. The Kier molecular flexibility index (Phi) is 15.0. The Morgan fingerprint density at radius 2 is 1.25 bits per heavy atom. The van der Waals surface area contributed by atoms with Gasteiger partial charge in [-0.25, -0.2) is 0 Å². The molecule has 0 radical (unpaired) electrons. The normalized spacial score (nSPS) is 11.2. The highest BCUT2D eigenvalue weighted by Gasteiger charge is 2.06. The first-order valence-corrected chi connectivity index (χ1v) is 9.43. The maximum Gasteiger partial charge on any atom is 0.220 e. The van der Waals surface area contributed by atoms with Gasteiger partial charge in [-0.1, -0.05) is 12.8 Å². The van der Waals surface area contributed by atoms with Crippen molar-refractivity contribution < 1.29 is 19.1 Å². The quantitative estimate of drug-likeness (QED) is 0.435. The molecule has 0 fully saturated rings. The van der Waals surface area contributed by atoms with Gasteiger partial charge in [-0.2, -0.15) is 0 Å². The second-order valence-corrected chi connectivity index (χ2v) is 6.78. The van der Waals surface area contributed by atoms with Crippen molar-refractivity contribution in [1.82, 2.24) is 5.32 Å². The molecule has 5 nitrogen and oxygen atoms in total. The van der Waals surface area contributed by atoms with Gasteiger partial charge >= 0.3 is 0 Å². The van der Waals surface area contributed by atoms with E-state index in [0.29, 0.717) is 12.8 Å². The zero-order valence-corrected chi connectivity index (χ0v) is 16.1. The van der Waals surface area contributed by atoms with E-state index in [9.17, 15) is 9.59 Å². The summed E-state index contributed by atoms with van der Waals surface area (Å²) in [5.74, 6) is 0.0805. The van der Waals surface area contributed by atoms with E-state index in [-0.39, 0.29) is 30.4 Å². The Bertz CT molecular complexity index is 297. The molecule has 5 heteroatoms. The first-order chi connectivity index (χ1) is 11.4. The molecule has 1 amide bonds. The molecule has 0 aliphatic carbocycles. The van der Waals surface area contributed by atoms with Gasteiger partial charge in [0.05, 0.1) is 18.8 Å². The number of ether oxygens (including phenoxy) is 2. The van der Waals surface area contributed by atoms with E-state index < -0.39 is 0 Å². The van der Waals surface area contributed by atoms with Crippen LogP contribution in [0.25, 0.3) is 0 Å². The van der Waals surface area contributed by atoms with E-state index in [4.69, 9.17) is 9.47 Å². The molecule has 0 aromatic heterocycles. The van der Waals surface area contributed by atoms with Crippen LogP contribution in [0.3, 0.4) is 0 Å². The molecule has 142 valence electrons. The van der Waals surface area contributed by atoms with Gasteiger partial charge in [-0.3, -0.25) is 9.59 Å². The van der Waals surface area contributed by atoms with Crippen LogP contribution in [0.15, 0.2) is 0 Å². The third-order valence-electron chi connectivity index (χ3n) is 3.53. The maximum atomic E-state index is 11.7. The number of unbranched alkanes of at least 4 members (excludes halogenated alkanes) is 4. The Balaban J connectivity index is 3.40. The summed E-state index contributed by atoms with van der Waals surface area (Å²) < 4.78 is 10.9. The molecular weight excluding hydrogens is 306 g/mol. The molecule has 1 N–H and O–H groups in total. The monoisotopic (exact) mass is 343 g/mol. The molecule has 0 heterocycles. The molecule has 0 saturated heterocycles. The Hall–Kier alpha value is -0.940. The van der Waals surface area contributed by atoms with Gasteiger partial charge in [-0.05, 0) is 53.4 Å². The zero-order chi connectivity index (χ0) is 18.2. The Labute approximate surface area is 147 Å². The number of carbonyl (C=O) groups is 2. The average Bonchev–Trinajstić information content (AvgIpc) is 2.51. The standard InChI is InChI=1S/C19H37NO4/c1-16(2)23-13-9-5-7-11-18(21)15-20-19(22)12-8-6-10-14-24-17(3)4/h16-17H,5-15H2,1-4H3,(H,20,22). The van der Waals surface area contributed by atoms with E-state index in [1.54, 1.807) is 0 Å². The number of ketones is 1. The topological polar surface area (TPSA) is 64.6 Å². The van der Waals surface area contributed by atoms with Crippen LogP contribution in [0.1, 0.15) is 79.1 Å². The minimum absolute atomic E-state index is 0.0292. The van der Waals surface area contributed by atoms with Crippen molar-refractivity contribution in [3.63, 3.8) is 0 Å². The maximum absolute atomic E-state index is 11.7. The summed E-state index contributed by atoms with van der Waals surface area (Å²) in [6.07, 6.45) is 7.20. The molecule has 0 atom stereocenters. The Morgan fingerprint density at radius 1 is 0.750 bits per heavy atom. The lowest BCUT2D eigenvalue weighted by Gasteiger charge is -2.08. The molecule has 0 aliphatic rings. The summed E-state index contributed by atoms with van der Waals surface area (Å²) in [5, 5.41) is 2.71. The molecule has 0 aliphatic heterocycles. The molecule has 0 spiro atoms. The van der Waals surface area contributed by atoms with Gasteiger partial charge in [-0.15, -0.1) is 0 Å². The van der Waals surface area contributed by atoms with E-state index in [1.165, 1.54) is 0 Å². The smallest absolute Gasteiger partial charge is 0.220 e. The van der Waals surface area contributed by atoms with Crippen LogP contribution in [-0.2, 0) is 19.1 Å². The van der Waals surface area contributed by atoms with Crippen LogP contribution in [0.5, 0.6) is 0 Å². The molecule has 24 heavy (non-hydrogen) atoms. The van der Waals surface area contributed by atoms with Gasteiger partial charge in [0, 0.05) is 26.1 Å². The average molecular weight is 344 g/mol. The number of hydrogen-bond acceptors (Lipinski definition) is 4. The fourth-order valence-corrected chi connectivity index (χ4v) is 2.18. The number of Topliss-reactive ketones (excluding diaryl/α,β-unsaturated/α-hetero) is 1. The van der Waals surface area contributed by atoms with Crippen LogP contribution in [0.4, 0.5) is 0 Å². The SMILES string of the molecule is CC(C)OCCCCCC(=O)CNC(=O)CCCCCOC(C)C. The summed E-state index contributed by atoms with van der Waals surface area (Å²) in [7, 11) is 0. The zero-order valence-electron chi connectivity index (χ0n) is 16.1. The number of amides is 1. The van der Waals surface area contributed by atoms with Crippen LogP contribution < -0.4 is 5.32 Å². The van der Waals surface area contributed by atoms with Crippen molar-refractivity contribution in [2.45, 2.75) is 91.3 Å². The van der Waals surface area contributed by atoms with Crippen molar-refractivity contribution >= 4 is 11.7 Å². The lowest BCUT2D eigenvalue weighted by atomic mass is 10.1. The third-order valence-corrected chi connectivity index (χ3v) is 3.53. The molecule has 0 saturated carbocycles. The van der Waals surface area contributed by atoms with Gasteiger partial charge in [0.15, 0.2) is 5.78 Å². The predicted octanol–water partition coefficient (Wildman–Crippen LogP) is 3.64. The summed E-state index contributed by atoms with van der Waals surface area (Å²) in [6.45, 7) is 9.74. The Morgan fingerprint density at radius 3 is 1.75 bits per heavy atom. The minimum Gasteiger partial charge on any atom is -0.379 e. The van der Waals surface area contributed by atoms with Crippen LogP contribution in [0, 0.1) is 0 Å². The number of nitrogens with one attached hydrogen (secondary N) is 1. The van der Waals surface area contributed by atoms with Crippen molar-refractivity contribution in [2.24, 2.45) is 0 Å². The van der Waals surface area contributed by atoms with Gasteiger partial charge in [0.2, 0.25) is 5.91 Å². The second-order valence-electron chi connectivity index (χ2n) is 6.78. The van der Waals surface area contributed by atoms with Crippen LogP contribution in [0.2, 0.25) is 0 Å². The highest BCUT2D eigenvalue weighted by molar-refractivity contribution is 5.85. The highest BCUT2D eigenvalue weighted by atomic mass is 16.5. The number of rotatable bonds is 16. The molecule has 0 aromatic rings. The number of hydrogen-bond donors (Lipinski definition) is 1. The lowest BCUT2D eigenvalue weighted by Crippen LogP contribution is -2.29. The van der Waals surface area contributed by atoms with Crippen molar-refractivity contribution in [3.8, 4) is 0 Å². The third kappa shape index (κ3) is 17.4. The van der Waals surface area contributed by atoms with Gasteiger partial charge in [0.25, 0.3) is 0 Å². The fourth-order valence-electron chi connectivity index (χ4n) is 2.18. The van der Waals surface area contributed by atoms with Crippen molar-refractivity contribution in [1.29, 1.82) is 0 Å². The lowest BCUT2D eigenvalue weighted by molar-refractivity contribution is -0.125. The largest absolute Gasteiger partial charge is 0.379 e. The fraction of sp³-hybridized carbons (Fsp3) is 0.895. The van der Waals surface area contributed by atoms with Crippen LogP contribution in [-0.4, -0.2) is 43.7 Å². The predicted molar refractivity (Wildman–Crippen MR) is 97.1 cm³/mol. The minimum atomic E-state index is -0.0292. The summed E-state index contributed by atoms with van der Waals surface area (Å²) in [4.78, 5) is 23.4. The molecule has 0 unspecified atom stereocenters. The first kappa shape index (κ1) is 23.1. The van der Waals surface area contributed by atoms with E-state index in [0.717, 1.165) is 51.7 Å². The highest BCUT2D eigenvalue weighted by Crippen LogP contribution is 2.03. The van der Waals surface area contributed by atoms with Crippen LogP contribution >= 0.6 is 0 Å². The van der Waals surface area contributed by atoms with Crippen molar-refractivity contribution in [2.75, 3.05) is 19.8 Å². The molecule has 0 rings (SSSR count). The second kappa shape index (κ2) is 15.6. The summed E-state index contributed by atoms with van der Waals surface area (Å²) in [6, 6.07) is 0. The van der Waals surface area contributed by atoms with E-state index >= 15 is 0 Å². The molecule has 0 aromatic carbocycles. The van der Waals surface area contributed by atoms with Gasteiger partial charge in [0.1, 0.15) is 0 Å². The molecular formula is C19H37NO4.